The van der Waals surface area contributed by atoms with Gasteiger partial charge in [-0.15, -0.1) is 0 Å². The Balaban J connectivity index is 2.43. The van der Waals surface area contributed by atoms with E-state index in [0.717, 1.165) is 25.3 Å². The Labute approximate surface area is 55.7 Å². The van der Waals surface area contributed by atoms with Gasteiger partial charge in [0.25, 0.3) is 0 Å². The van der Waals surface area contributed by atoms with Crippen LogP contribution in [0.5, 0.6) is 0 Å². The summed E-state index contributed by atoms with van der Waals surface area (Å²) in [5.74, 6) is 1.10. The molecule has 0 atom stereocenters. The van der Waals surface area contributed by atoms with Crippen LogP contribution < -0.4 is 5.43 Å². The Morgan fingerprint density at radius 2 is 2.56 bits per heavy atom. The number of likely N-dealkylation sites (N-methyl/N-ethyl adjacent to an activating group) is 1. The average Bonchev–Trinajstić information content (AvgIpc) is 1.88. The molecule has 0 amide bonds. The molecule has 0 saturated heterocycles. The maximum absolute atomic E-state index is 4.26. The lowest BCUT2D eigenvalue weighted by Gasteiger charge is -2.23. The van der Waals surface area contributed by atoms with E-state index >= 15 is 0 Å². The molecule has 1 N–H and O–H groups in total. The molecule has 0 aromatic carbocycles. The van der Waals surface area contributed by atoms with Crippen LogP contribution in [0.3, 0.4) is 0 Å². The maximum Gasteiger partial charge on any atom is 0.110 e. The maximum atomic E-state index is 4.26. The Morgan fingerprint density at radius 1 is 1.78 bits per heavy atom. The molecule has 3 nitrogen and oxygen atoms in total. The number of hydrazine groups is 1. The van der Waals surface area contributed by atoms with Crippen molar-refractivity contribution in [2.75, 3.05) is 20.1 Å². The summed E-state index contributed by atoms with van der Waals surface area (Å²) in [7, 11) is 2.03. The van der Waals surface area contributed by atoms with Gasteiger partial charge in [0.05, 0.1) is 6.54 Å². The number of hydrogen-bond acceptors (Lipinski definition) is 3. The van der Waals surface area contributed by atoms with Crippen LogP contribution in [-0.4, -0.2) is 31.0 Å². The summed E-state index contributed by atoms with van der Waals surface area (Å²) >= 11 is 0. The quantitative estimate of drug-likeness (QED) is 0.546. The van der Waals surface area contributed by atoms with Crippen molar-refractivity contribution >= 4 is 5.84 Å². The number of nitrogens with zero attached hydrogens (tertiary/aromatic N) is 2. The molecule has 0 unspecified atom stereocenters. The van der Waals surface area contributed by atoms with E-state index in [-0.39, 0.29) is 0 Å². The van der Waals surface area contributed by atoms with Gasteiger partial charge in [0.15, 0.2) is 0 Å². The van der Waals surface area contributed by atoms with Gasteiger partial charge in [-0.25, -0.2) is 5.01 Å². The molecule has 0 aromatic heterocycles. The molecule has 1 aliphatic rings. The molecule has 52 valence electrons. The highest BCUT2D eigenvalue weighted by Gasteiger charge is 2.04. The average molecular weight is 127 g/mol. The normalized spacial score (nSPS) is 20.9. The van der Waals surface area contributed by atoms with E-state index in [0.29, 0.717) is 0 Å². The number of aliphatic imine (C=N–C) groups is 1. The van der Waals surface area contributed by atoms with Gasteiger partial charge in [0.1, 0.15) is 5.84 Å². The van der Waals surface area contributed by atoms with Gasteiger partial charge in [0.2, 0.25) is 0 Å². The molecular weight excluding hydrogens is 114 g/mol. The van der Waals surface area contributed by atoms with Crippen LogP contribution in [0.15, 0.2) is 4.99 Å². The first-order valence-electron chi connectivity index (χ1n) is 3.34. The summed E-state index contributed by atoms with van der Waals surface area (Å²) in [5, 5.41) is 2.06. The first-order chi connectivity index (χ1) is 4.33. The third kappa shape index (κ3) is 1.68. The lowest BCUT2D eigenvalue weighted by Crippen LogP contribution is -2.44. The van der Waals surface area contributed by atoms with Gasteiger partial charge in [-0.05, 0) is 0 Å². The standard InChI is InChI=1S/C6H13N3/c1-3-6-7-4-5-9(2)8-6/h3-5H2,1-2H3,(H,7,8). The van der Waals surface area contributed by atoms with Crippen molar-refractivity contribution in [1.29, 1.82) is 0 Å². The largest absolute Gasteiger partial charge is 0.307 e. The lowest BCUT2D eigenvalue weighted by atomic mass is 10.4. The first-order valence-corrected chi connectivity index (χ1v) is 3.34. The molecule has 1 heterocycles. The highest BCUT2D eigenvalue weighted by Crippen LogP contribution is 1.90. The van der Waals surface area contributed by atoms with E-state index in [1.807, 2.05) is 7.05 Å². The van der Waals surface area contributed by atoms with Crippen LogP contribution >= 0.6 is 0 Å². The minimum absolute atomic E-state index is 0.937. The first kappa shape index (κ1) is 6.55. The van der Waals surface area contributed by atoms with Crippen molar-refractivity contribution in [2.45, 2.75) is 13.3 Å². The van der Waals surface area contributed by atoms with Crippen molar-refractivity contribution in [3.05, 3.63) is 0 Å². The second kappa shape index (κ2) is 2.82. The van der Waals surface area contributed by atoms with Crippen molar-refractivity contribution in [3.8, 4) is 0 Å². The van der Waals surface area contributed by atoms with Gasteiger partial charge < -0.3 is 5.43 Å². The van der Waals surface area contributed by atoms with E-state index in [1.54, 1.807) is 0 Å². The van der Waals surface area contributed by atoms with Crippen molar-refractivity contribution in [2.24, 2.45) is 4.99 Å². The topological polar surface area (TPSA) is 27.6 Å². The zero-order valence-electron chi connectivity index (χ0n) is 6.02. The number of amidine groups is 1. The van der Waals surface area contributed by atoms with Crippen LogP contribution in [0.2, 0.25) is 0 Å². The van der Waals surface area contributed by atoms with Crippen LogP contribution in [0.25, 0.3) is 0 Å². The second-order valence-corrected chi connectivity index (χ2v) is 2.22. The van der Waals surface area contributed by atoms with Crippen molar-refractivity contribution in [3.63, 3.8) is 0 Å². The minimum Gasteiger partial charge on any atom is -0.307 e. The van der Waals surface area contributed by atoms with Crippen LogP contribution in [0.4, 0.5) is 0 Å². The second-order valence-electron chi connectivity index (χ2n) is 2.22. The molecule has 0 fully saturated rings. The Kier molecular flexibility index (Phi) is 2.05. The van der Waals surface area contributed by atoms with Gasteiger partial charge >= 0.3 is 0 Å². The highest BCUT2D eigenvalue weighted by molar-refractivity contribution is 5.81. The number of rotatable bonds is 1. The molecule has 0 aromatic rings. The van der Waals surface area contributed by atoms with Crippen LogP contribution in [-0.2, 0) is 0 Å². The summed E-state index contributed by atoms with van der Waals surface area (Å²) in [6.07, 6.45) is 1.00. The fraction of sp³-hybridized carbons (Fsp3) is 0.833. The molecule has 9 heavy (non-hydrogen) atoms. The third-order valence-electron chi connectivity index (χ3n) is 1.39. The van der Waals surface area contributed by atoms with Crippen molar-refractivity contribution < 1.29 is 0 Å². The summed E-state index contributed by atoms with van der Waals surface area (Å²) in [6.45, 7) is 4.06. The zero-order valence-corrected chi connectivity index (χ0v) is 6.02. The lowest BCUT2D eigenvalue weighted by molar-refractivity contribution is 0.285. The molecule has 0 radical (unpaired) electrons. The monoisotopic (exact) mass is 127 g/mol. The molecule has 0 spiro atoms. The molecule has 0 bridgehead atoms. The summed E-state index contributed by atoms with van der Waals surface area (Å²) in [4.78, 5) is 4.26. The van der Waals surface area contributed by atoms with E-state index in [2.05, 4.69) is 22.4 Å². The predicted molar refractivity (Wildman–Crippen MR) is 38.4 cm³/mol. The predicted octanol–water partition coefficient (Wildman–Crippen LogP) is 0.245. The van der Waals surface area contributed by atoms with E-state index in [4.69, 9.17) is 0 Å². The van der Waals surface area contributed by atoms with Gasteiger partial charge in [-0.1, -0.05) is 6.92 Å². The van der Waals surface area contributed by atoms with E-state index < -0.39 is 0 Å². The Morgan fingerprint density at radius 3 is 3.00 bits per heavy atom. The van der Waals surface area contributed by atoms with E-state index in [1.165, 1.54) is 0 Å². The fourth-order valence-electron chi connectivity index (χ4n) is 0.837. The van der Waals surface area contributed by atoms with Gasteiger partial charge in [-0.3, -0.25) is 4.99 Å². The zero-order chi connectivity index (χ0) is 6.69. The summed E-state index contributed by atoms with van der Waals surface area (Å²) in [6, 6.07) is 0. The van der Waals surface area contributed by atoms with E-state index in [9.17, 15) is 0 Å². The molecule has 1 rings (SSSR count). The molecule has 0 saturated carbocycles. The van der Waals surface area contributed by atoms with Crippen LogP contribution in [0.1, 0.15) is 13.3 Å². The highest BCUT2D eigenvalue weighted by atomic mass is 15.5. The number of hydrogen-bond donors (Lipinski definition) is 1. The van der Waals surface area contributed by atoms with Gasteiger partial charge in [0, 0.05) is 20.0 Å². The molecule has 1 aliphatic heterocycles. The molecule has 3 heteroatoms. The Bertz CT molecular complexity index is 119. The van der Waals surface area contributed by atoms with Crippen molar-refractivity contribution in [1.82, 2.24) is 10.4 Å². The molecular formula is C6H13N3. The van der Waals surface area contributed by atoms with Crippen LogP contribution in [0, 0.1) is 0 Å². The fourth-order valence-corrected chi connectivity index (χ4v) is 0.837. The minimum atomic E-state index is 0.937. The SMILES string of the molecule is CCC1=NCCN(C)N1. The Hall–Kier alpha value is -0.570. The smallest absolute Gasteiger partial charge is 0.110 e. The summed E-state index contributed by atoms with van der Waals surface area (Å²) < 4.78 is 0. The van der Waals surface area contributed by atoms with Gasteiger partial charge in [-0.2, -0.15) is 0 Å². The number of nitrogens with one attached hydrogen (secondary N) is 1. The molecule has 0 aliphatic carbocycles. The summed E-state index contributed by atoms with van der Waals surface area (Å²) in [5.41, 5.74) is 3.15. The third-order valence-corrected chi connectivity index (χ3v) is 1.39.